The molecule has 0 saturated heterocycles. The van der Waals surface area contributed by atoms with Crippen LogP contribution < -0.4 is 10.6 Å². The number of nitrogens with one attached hydrogen (secondary N) is 2. The van der Waals surface area contributed by atoms with Gasteiger partial charge in [-0.2, -0.15) is 13.2 Å². The van der Waals surface area contributed by atoms with E-state index < -0.39 is 11.2 Å². The predicted octanol–water partition coefficient (Wildman–Crippen LogP) is 2.50. The summed E-state index contributed by atoms with van der Waals surface area (Å²) < 4.78 is 37.0. The molecular formula is C10H15F3N4S. The first kappa shape index (κ1) is 13.5. The van der Waals surface area contributed by atoms with E-state index in [1.807, 2.05) is 7.05 Å². The van der Waals surface area contributed by atoms with E-state index in [1.54, 1.807) is 0 Å². The fourth-order valence-electron chi connectivity index (χ4n) is 2.10. The zero-order valence-electron chi connectivity index (χ0n) is 9.92. The van der Waals surface area contributed by atoms with E-state index in [2.05, 4.69) is 20.8 Å². The van der Waals surface area contributed by atoms with Crippen molar-refractivity contribution in [1.29, 1.82) is 0 Å². The molecule has 2 N–H and O–H groups in total. The van der Waals surface area contributed by atoms with Crippen LogP contribution in [0.5, 0.6) is 0 Å². The third-order valence-electron chi connectivity index (χ3n) is 3.13. The molecular weight excluding hydrogens is 265 g/mol. The second-order valence-electron chi connectivity index (χ2n) is 4.39. The summed E-state index contributed by atoms with van der Waals surface area (Å²) in [5.74, 6) is 0. The summed E-state index contributed by atoms with van der Waals surface area (Å²) in [7, 11) is 1.93. The maximum absolute atomic E-state index is 12.3. The minimum absolute atomic E-state index is 0.198. The van der Waals surface area contributed by atoms with E-state index in [1.165, 1.54) is 0 Å². The molecule has 1 aromatic rings. The van der Waals surface area contributed by atoms with Crippen LogP contribution in [0.25, 0.3) is 0 Å². The van der Waals surface area contributed by atoms with Crippen LogP contribution in [0.4, 0.5) is 18.3 Å². The van der Waals surface area contributed by atoms with Crippen LogP contribution in [0.15, 0.2) is 0 Å². The SMILES string of the molecule is CNC1CCC(Nc2nnc(C(F)(F)F)s2)CC1. The number of alkyl halides is 3. The van der Waals surface area contributed by atoms with Crippen molar-refractivity contribution in [3.05, 3.63) is 5.01 Å². The second kappa shape index (κ2) is 5.40. The van der Waals surface area contributed by atoms with Crippen LogP contribution >= 0.6 is 11.3 Å². The van der Waals surface area contributed by atoms with Gasteiger partial charge in [0.1, 0.15) is 0 Å². The smallest absolute Gasteiger partial charge is 0.357 e. The largest absolute Gasteiger partial charge is 0.445 e. The van der Waals surface area contributed by atoms with Gasteiger partial charge < -0.3 is 10.6 Å². The first-order valence-corrected chi connectivity index (χ1v) is 6.65. The van der Waals surface area contributed by atoms with Gasteiger partial charge in [-0.25, -0.2) is 0 Å². The molecule has 0 bridgehead atoms. The molecule has 102 valence electrons. The third-order valence-corrected chi connectivity index (χ3v) is 4.03. The van der Waals surface area contributed by atoms with Gasteiger partial charge in [0.2, 0.25) is 10.1 Å². The molecule has 0 unspecified atom stereocenters. The first-order valence-electron chi connectivity index (χ1n) is 5.83. The van der Waals surface area contributed by atoms with Gasteiger partial charge in [0, 0.05) is 12.1 Å². The molecule has 18 heavy (non-hydrogen) atoms. The van der Waals surface area contributed by atoms with Gasteiger partial charge in [-0.1, -0.05) is 11.3 Å². The standard InChI is InChI=1S/C10H15F3N4S/c1-14-6-2-4-7(5-3-6)15-9-17-16-8(18-9)10(11,12)13/h6-7,14H,2-5H2,1H3,(H,15,17). The molecule has 1 aliphatic rings. The predicted molar refractivity (Wildman–Crippen MR) is 63.6 cm³/mol. The summed E-state index contributed by atoms with van der Waals surface area (Å²) in [6.45, 7) is 0. The second-order valence-corrected chi connectivity index (χ2v) is 5.37. The Kier molecular flexibility index (Phi) is 4.06. The van der Waals surface area contributed by atoms with Crippen LogP contribution in [0, 0.1) is 0 Å². The maximum Gasteiger partial charge on any atom is 0.445 e. The topological polar surface area (TPSA) is 49.8 Å². The van der Waals surface area contributed by atoms with E-state index in [0.29, 0.717) is 17.4 Å². The van der Waals surface area contributed by atoms with Crippen molar-refractivity contribution in [3.63, 3.8) is 0 Å². The van der Waals surface area contributed by atoms with Crippen molar-refractivity contribution in [3.8, 4) is 0 Å². The van der Waals surface area contributed by atoms with E-state index in [9.17, 15) is 13.2 Å². The third kappa shape index (κ3) is 3.32. The molecule has 1 saturated carbocycles. The monoisotopic (exact) mass is 280 g/mol. The molecule has 0 atom stereocenters. The fourth-order valence-corrected chi connectivity index (χ4v) is 2.78. The van der Waals surface area contributed by atoms with Crippen LogP contribution in [0.3, 0.4) is 0 Å². The van der Waals surface area contributed by atoms with Crippen LogP contribution in [-0.4, -0.2) is 29.3 Å². The summed E-state index contributed by atoms with van der Waals surface area (Å²) in [5.41, 5.74) is 0. The molecule has 8 heteroatoms. The van der Waals surface area contributed by atoms with Crippen LogP contribution in [-0.2, 0) is 6.18 Å². The fraction of sp³-hybridized carbons (Fsp3) is 0.800. The zero-order valence-corrected chi connectivity index (χ0v) is 10.7. The number of hydrogen-bond donors (Lipinski definition) is 2. The Morgan fingerprint density at radius 2 is 1.72 bits per heavy atom. The Morgan fingerprint density at radius 3 is 2.22 bits per heavy atom. The highest BCUT2D eigenvalue weighted by Crippen LogP contribution is 2.33. The highest BCUT2D eigenvalue weighted by atomic mass is 32.1. The number of nitrogens with zero attached hydrogens (tertiary/aromatic N) is 2. The molecule has 1 aromatic heterocycles. The molecule has 0 radical (unpaired) electrons. The van der Waals surface area contributed by atoms with Crippen LogP contribution in [0.2, 0.25) is 0 Å². The molecule has 1 heterocycles. The maximum atomic E-state index is 12.3. The molecule has 1 aliphatic carbocycles. The van der Waals surface area contributed by atoms with E-state index in [4.69, 9.17) is 0 Å². The van der Waals surface area contributed by atoms with Gasteiger partial charge >= 0.3 is 6.18 Å². The van der Waals surface area contributed by atoms with Gasteiger partial charge in [0.25, 0.3) is 0 Å². The molecule has 4 nitrogen and oxygen atoms in total. The lowest BCUT2D eigenvalue weighted by atomic mass is 9.91. The van der Waals surface area contributed by atoms with Gasteiger partial charge in [0.05, 0.1) is 0 Å². The Bertz CT molecular complexity index is 385. The van der Waals surface area contributed by atoms with Crippen molar-refractivity contribution in [2.75, 3.05) is 12.4 Å². The Morgan fingerprint density at radius 1 is 1.11 bits per heavy atom. The zero-order chi connectivity index (χ0) is 13.2. The number of rotatable bonds is 3. The van der Waals surface area contributed by atoms with Crippen molar-refractivity contribution >= 4 is 16.5 Å². The first-order chi connectivity index (χ1) is 8.49. The quantitative estimate of drug-likeness (QED) is 0.893. The van der Waals surface area contributed by atoms with E-state index in [0.717, 1.165) is 25.7 Å². The summed E-state index contributed by atoms with van der Waals surface area (Å²) in [6, 6.07) is 0.715. The van der Waals surface area contributed by atoms with Gasteiger partial charge in [-0.15, -0.1) is 10.2 Å². The van der Waals surface area contributed by atoms with Crippen LogP contribution in [0.1, 0.15) is 30.7 Å². The van der Waals surface area contributed by atoms with Gasteiger partial charge in [-0.05, 0) is 32.7 Å². The minimum Gasteiger partial charge on any atom is -0.357 e. The number of hydrogen-bond acceptors (Lipinski definition) is 5. The molecule has 0 amide bonds. The minimum atomic E-state index is -4.40. The Hall–Kier alpha value is -0.890. The summed E-state index contributed by atoms with van der Waals surface area (Å²) in [4.78, 5) is 0. The van der Waals surface area contributed by atoms with Crippen molar-refractivity contribution in [1.82, 2.24) is 15.5 Å². The van der Waals surface area contributed by atoms with E-state index in [-0.39, 0.29) is 11.2 Å². The molecule has 1 fully saturated rings. The lowest BCUT2D eigenvalue weighted by molar-refractivity contribution is -0.138. The number of anilines is 1. The Balaban J connectivity index is 1.89. The van der Waals surface area contributed by atoms with Gasteiger partial charge in [0.15, 0.2) is 0 Å². The summed E-state index contributed by atoms with van der Waals surface area (Å²) in [6.07, 6.45) is -0.474. The number of aromatic nitrogens is 2. The molecule has 0 spiro atoms. The van der Waals surface area contributed by atoms with Gasteiger partial charge in [-0.3, -0.25) is 0 Å². The lowest BCUT2D eigenvalue weighted by Gasteiger charge is -2.28. The highest BCUT2D eigenvalue weighted by Gasteiger charge is 2.36. The molecule has 2 rings (SSSR count). The Labute approximate surface area is 107 Å². The summed E-state index contributed by atoms with van der Waals surface area (Å²) >= 11 is 0.566. The average molecular weight is 280 g/mol. The lowest BCUT2D eigenvalue weighted by Crippen LogP contribution is -2.34. The number of halogens is 3. The normalized spacial score (nSPS) is 25.1. The average Bonchev–Trinajstić information content (AvgIpc) is 2.78. The molecule has 0 aliphatic heterocycles. The van der Waals surface area contributed by atoms with Crippen molar-refractivity contribution in [2.45, 2.75) is 43.9 Å². The summed E-state index contributed by atoms with van der Waals surface area (Å²) in [5, 5.41) is 12.3. The van der Waals surface area contributed by atoms with E-state index >= 15 is 0 Å². The molecule has 0 aromatic carbocycles. The van der Waals surface area contributed by atoms with Crippen molar-refractivity contribution < 1.29 is 13.2 Å². The van der Waals surface area contributed by atoms with Crippen molar-refractivity contribution in [2.24, 2.45) is 0 Å². The highest BCUT2D eigenvalue weighted by molar-refractivity contribution is 7.15.